The largest absolute Gasteiger partial charge is 0.441 e. The normalized spacial score (nSPS) is 21.1. The van der Waals surface area contributed by atoms with E-state index in [4.69, 9.17) is 9.40 Å². The Morgan fingerprint density at radius 1 is 1.21 bits per heavy atom. The van der Waals surface area contributed by atoms with Gasteiger partial charge in [-0.25, -0.2) is 4.98 Å². The molecule has 150 valence electrons. The van der Waals surface area contributed by atoms with Crippen molar-refractivity contribution in [2.24, 2.45) is 5.92 Å². The zero-order valence-corrected chi connectivity index (χ0v) is 17.0. The Morgan fingerprint density at radius 2 is 2.04 bits per heavy atom. The lowest BCUT2D eigenvalue weighted by molar-refractivity contribution is -0.127. The number of benzene rings is 1. The summed E-state index contributed by atoms with van der Waals surface area (Å²) in [6, 6.07) is 8.64. The summed E-state index contributed by atoms with van der Waals surface area (Å²) in [5, 5.41) is 3.28. The number of rotatable bonds is 5. The summed E-state index contributed by atoms with van der Waals surface area (Å²) in [4.78, 5) is 19.8. The van der Waals surface area contributed by atoms with E-state index in [-0.39, 0.29) is 11.8 Å². The van der Waals surface area contributed by atoms with Crippen LogP contribution in [0.3, 0.4) is 0 Å². The van der Waals surface area contributed by atoms with E-state index < -0.39 is 0 Å². The summed E-state index contributed by atoms with van der Waals surface area (Å²) < 4.78 is 5.94. The summed E-state index contributed by atoms with van der Waals surface area (Å²) in [5.74, 6) is 1.89. The molecular formula is C23H31N3O2. The Kier molecular flexibility index (Phi) is 5.81. The molecule has 2 aliphatic rings. The molecule has 0 spiro atoms. The van der Waals surface area contributed by atoms with Gasteiger partial charge in [0, 0.05) is 24.7 Å². The maximum Gasteiger partial charge on any atom is 0.226 e. The Hall–Kier alpha value is -2.14. The smallest absolute Gasteiger partial charge is 0.226 e. The van der Waals surface area contributed by atoms with Gasteiger partial charge < -0.3 is 9.73 Å². The molecule has 28 heavy (non-hydrogen) atoms. The highest BCUT2D eigenvalue weighted by Gasteiger charge is 2.29. The molecule has 1 aromatic heterocycles. The van der Waals surface area contributed by atoms with Gasteiger partial charge >= 0.3 is 0 Å². The zero-order valence-electron chi connectivity index (χ0n) is 17.0. The number of oxazole rings is 1. The summed E-state index contributed by atoms with van der Waals surface area (Å²) >= 11 is 0. The standard InChI is InChI=1S/C23H31N3O2/c1-16-7-5-8-18(13-16)23-25-21(17(2)28-23)15-26-12-6-9-19(14-26)22(27)24-20-10-3-4-11-20/h5,7-8,13,19-20H,3-4,6,9-12,14-15H2,1-2H3,(H,24,27). The molecule has 1 atom stereocenters. The van der Waals surface area contributed by atoms with Crippen LogP contribution in [0.1, 0.15) is 55.5 Å². The maximum atomic E-state index is 12.7. The Balaban J connectivity index is 1.39. The fraction of sp³-hybridized carbons (Fsp3) is 0.565. The summed E-state index contributed by atoms with van der Waals surface area (Å²) in [6.45, 7) is 6.62. The van der Waals surface area contributed by atoms with Crippen molar-refractivity contribution >= 4 is 5.91 Å². The average Bonchev–Trinajstić information content (AvgIpc) is 3.32. The first-order valence-electron chi connectivity index (χ1n) is 10.6. The first-order chi connectivity index (χ1) is 13.6. The molecule has 2 aromatic rings. The van der Waals surface area contributed by atoms with Gasteiger partial charge in [-0.2, -0.15) is 0 Å². The predicted molar refractivity (Wildman–Crippen MR) is 110 cm³/mol. The van der Waals surface area contributed by atoms with Crippen LogP contribution in [0.4, 0.5) is 0 Å². The zero-order chi connectivity index (χ0) is 19.5. The van der Waals surface area contributed by atoms with Crippen LogP contribution in [-0.2, 0) is 11.3 Å². The molecule has 5 nitrogen and oxygen atoms in total. The highest BCUT2D eigenvalue weighted by atomic mass is 16.4. The van der Waals surface area contributed by atoms with Gasteiger partial charge in [-0.3, -0.25) is 9.69 Å². The van der Waals surface area contributed by atoms with Crippen LogP contribution < -0.4 is 5.32 Å². The van der Waals surface area contributed by atoms with Crippen LogP contribution in [0.25, 0.3) is 11.5 Å². The van der Waals surface area contributed by atoms with Crippen molar-refractivity contribution in [3.05, 3.63) is 41.3 Å². The van der Waals surface area contributed by atoms with E-state index in [0.29, 0.717) is 11.9 Å². The third-order valence-electron chi connectivity index (χ3n) is 6.11. The topological polar surface area (TPSA) is 58.4 Å². The molecule has 1 aliphatic carbocycles. The van der Waals surface area contributed by atoms with E-state index in [9.17, 15) is 4.79 Å². The molecule has 5 heteroatoms. The number of nitrogens with one attached hydrogen (secondary N) is 1. The minimum atomic E-state index is 0.0952. The van der Waals surface area contributed by atoms with Crippen molar-refractivity contribution in [3.63, 3.8) is 0 Å². The molecule has 2 fully saturated rings. The van der Waals surface area contributed by atoms with E-state index in [0.717, 1.165) is 62.3 Å². The van der Waals surface area contributed by atoms with Crippen LogP contribution in [0.5, 0.6) is 0 Å². The van der Waals surface area contributed by atoms with Crippen molar-refractivity contribution in [1.29, 1.82) is 0 Å². The average molecular weight is 382 g/mol. The molecule has 1 saturated carbocycles. The Bertz CT molecular complexity index is 823. The third-order valence-corrected chi connectivity index (χ3v) is 6.11. The molecule has 1 N–H and O–H groups in total. The van der Waals surface area contributed by atoms with Crippen LogP contribution in [0.15, 0.2) is 28.7 Å². The number of aromatic nitrogens is 1. The van der Waals surface area contributed by atoms with Crippen molar-refractivity contribution in [1.82, 2.24) is 15.2 Å². The molecule has 1 aromatic carbocycles. The van der Waals surface area contributed by atoms with Crippen molar-refractivity contribution in [3.8, 4) is 11.5 Å². The molecular weight excluding hydrogens is 350 g/mol. The number of amides is 1. The monoisotopic (exact) mass is 381 g/mol. The third kappa shape index (κ3) is 4.46. The lowest BCUT2D eigenvalue weighted by atomic mass is 9.96. The van der Waals surface area contributed by atoms with Crippen molar-refractivity contribution < 1.29 is 9.21 Å². The van der Waals surface area contributed by atoms with Gasteiger partial charge in [0.05, 0.1) is 11.6 Å². The lowest BCUT2D eigenvalue weighted by Crippen LogP contribution is -2.45. The van der Waals surface area contributed by atoms with Gasteiger partial charge in [-0.15, -0.1) is 0 Å². The second-order valence-corrected chi connectivity index (χ2v) is 8.46. The molecule has 0 bridgehead atoms. The van der Waals surface area contributed by atoms with E-state index in [1.807, 2.05) is 19.1 Å². The van der Waals surface area contributed by atoms with Gasteiger partial charge in [0.25, 0.3) is 0 Å². The number of carbonyl (C=O) groups is 1. The number of carbonyl (C=O) groups excluding carboxylic acids is 1. The molecule has 4 rings (SSSR count). The molecule has 2 heterocycles. The van der Waals surface area contributed by atoms with E-state index in [2.05, 4.69) is 29.3 Å². The lowest BCUT2D eigenvalue weighted by Gasteiger charge is -2.32. The maximum absolute atomic E-state index is 12.7. The van der Waals surface area contributed by atoms with Gasteiger partial charge in [0.15, 0.2) is 0 Å². The van der Waals surface area contributed by atoms with E-state index >= 15 is 0 Å². The fourth-order valence-electron chi connectivity index (χ4n) is 4.49. The van der Waals surface area contributed by atoms with Gasteiger partial charge in [-0.05, 0) is 58.2 Å². The molecule has 1 aliphatic heterocycles. The Labute approximate surface area is 167 Å². The van der Waals surface area contributed by atoms with Gasteiger partial charge in [0.1, 0.15) is 5.76 Å². The summed E-state index contributed by atoms with van der Waals surface area (Å²) in [7, 11) is 0. The molecule has 1 amide bonds. The molecule has 1 saturated heterocycles. The second-order valence-electron chi connectivity index (χ2n) is 8.46. The quantitative estimate of drug-likeness (QED) is 0.842. The van der Waals surface area contributed by atoms with Crippen LogP contribution in [0.2, 0.25) is 0 Å². The minimum absolute atomic E-state index is 0.0952. The number of aryl methyl sites for hydroxylation is 2. The first kappa shape index (κ1) is 19.2. The van der Waals surface area contributed by atoms with Crippen LogP contribution in [-0.4, -0.2) is 34.9 Å². The molecule has 1 unspecified atom stereocenters. The number of likely N-dealkylation sites (tertiary alicyclic amines) is 1. The first-order valence-corrected chi connectivity index (χ1v) is 10.6. The number of hydrogen-bond donors (Lipinski definition) is 1. The fourth-order valence-corrected chi connectivity index (χ4v) is 4.49. The van der Waals surface area contributed by atoms with Crippen LogP contribution in [0, 0.1) is 19.8 Å². The predicted octanol–water partition coefficient (Wildman–Crippen LogP) is 4.23. The van der Waals surface area contributed by atoms with Crippen molar-refractivity contribution in [2.75, 3.05) is 13.1 Å². The van der Waals surface area contributed by atoms with Crippen molar-refractivity contribution in [2.45, 2.75) is 65.0 Å². The number of piperidine rings is 1. The second kappa shape index (κ2) is 8.48. The van der Waals surface area contributed by atoms with Gasteiger partial charge in [-0.1, -0.05) is 30.5 Å². The SMILES string of the molecule is Cc1cccc(-c2nc(CN3CCCC(C(=O)NC4CCCC4)C3)c(C)o2)c1. The highest BCUT2D eigenvalue weighted by Crippen LogP contribution is 2.26. The summed E-state index contributed by atoms with van der Waals surface area (Å²) in [6.07, 6.45) is 6.82. The summed E-state index contributed by atoms with van der Waals surface area (Å²) in [5.41, 5.74) is 3.19. The van der Waals surface area contributed by atoms with Crippen LogP contribution >= 0.6 is 0 Å². The van der Waals surface area contributed by atoms with Gasteiger partial charge in [0.2, 0.25) is 11.8 Å². The number of hydrogen-bond acceptors (Lipinski definition) is 4. The van der Waals surface area contributed by atoms with E-state index in [1.165, 1.54) is 18.4 Å². The van der Waals surface area contributed by atoms with E-state index in [1.54, 1.807) is 0 Å². The molecule has 0 radical (unpaired) electrons. The minimum Gasteiger partial charge on any atom is -0.441 e. The Morgan fingerprint density at radius 3 is 2.82 bits per heavy atom. The number of nitrogens with zero attached hydrogens (tertiary/aromatic N) is 2. The highest BCUT2D eigenvalue weighted by molar-refractivity contribution is 5.79.